The van der Waals surface area contributed by atoms with Crippen LogP contribution in [0.15, 0.2) is 42.6 Å². The molecular formula is C22H27N7O2S. The van der Waals surface area contributed by atoms with Crippen molar-refractivity contribution in [3.05, 3.63) is 59.5 Å². The minimum Gasteiger partial charge on any atom is -0.373 e. The number of aliphatic hydroxyl groups is 1. The molecule has 1 unspecified atom stereocenters. The standard InChI is InChI=1S/C22H27N7O2S/c1-13-11-18(32-29-13)28-21-19(20(23)30)24-12-17(27-21)25-15-7-9-16(10-8-15)26-22(31)14-5-3-2-4-6-14/h2-6,11-12,15-16,20,30H,7-10,23H2,1H3,(H,26,31)(H2,25,27,28). The Labute approximate surface area is 190 Å². The molecule has 0 aliphatic heterocycles. The van der Waals surface area contributed by atoms with Crippen LogP contribution in [0.2, 0.25) is 0 Å². The summed E-state index contributed by atoms with van der Waals surface area (Å²) in [6.45, 7) is 1.91. The average Bonchev–Trinajstić information content (AvgIpc) is 3.20. The zero-order chi connectivity index (χ0) is 22.5. The van der Waals surface area contributed by atoms with Crippen LogP contribution in [0.4, 0.5) is 16.6 Å². The number of anilines is 3. The number of aromatic nitrogens is 3. The molecule has 1 aliphatic carbocycles. The summed E-state index contributed by atoms with van der Waals surface area (Å²) < 4.78 is 4.24. The maximum atomic E-state index is 12.4. The summed E-state index contributed by atoms with van der Waals surface area (Å²) in [6, 6.07) is 11.6. The second-order valence-corrected chi connectivity index (χ2v) is 8.73. The minimum atomic E-state index is -1.24. The highest BCUT2D eigenvalue weighted by molar-refractivity contribution is 7.10. The molecule has 10 heteroatoms. The Morgan fingerprint density at radius 3 is 2.56 bits per heavy atom. The van der Waals surface area contributed by atoms with Crippen molar-refractivity contribution in [2.75, 3.05) is 10.6 Å². The molecule has 6 N–H and O–H groups in total. The van der Waals surface area contributed by atoms with Gasteiger partial charge in [-0.15, -0.1) is 0 Å². The Morgan fingerprint density at radius 2 is 1.91 bits per heavy atom. The molecule has 1 fully saturated rings. The van der Waals surface area contributed by atoms with E-state index in [4.69, 9.17) is 5.73 Å². The Balaban J connectivity index is 1.35. The van der Waals surface area contributed by atoms with E-state index in [1.54, 1.807) is 6.20 Å². The highest BCUT2D eigenvalue weighted by atomic mass is 32.1. The van der Waals surface area contributed by atoms with Gasteiger partial charge in [-0.2, -0.15) is 4.37 Å². The molecule has 3 aromatic rings. The average molecular weight is 454 g/mol. The van der Waals surface area contributed by atoms with E-state index in [9.17, 15) is 9.90 Å². The molecule has 1 saturated carbocycles. The quantitative estimate of drug-likeness (QED) is 0.344. The van der Waals surface area contributed by atoms with Crippen molar-refractivity contribution in [3.8, 4) is 0 Å². The van der Waals surface area contributed by atoms with Crippen LogP contribution in [0.1, 0.15) is 53.7 Å². The summed E-state index contributed by atoms with van der Waals surface area (Å²) in [4.78, 5) is 21.3. The normalized spacial score (nSPS) is 19.2. The number of nitrogens with two attached hydrogens (primary N) is 1. The fraction of sp³-hybridized carbons (Fsp3) is 0.364. The molecule has 2 aromatic heterocycles. The van der Waals surface area contributed by atoms with E-state index in [2.05, 4.69) is 30.3 Å². The second-order valence-electron chi connectivity index (χ2n) is 7.92. The lowest BCUT2D eigenvalue weighted by Gasteiger charge is -2.30. The number of amides is 1. The number of benzene rings is 1. The summed E-state index contributed by atoms with van der Waals surface area (Å²) in [5, 5.41) is 20.3. The van der Waals surface area contributed by atoms with Gasteiger partial charge >= 0.3 is 0 Å². The van der Waals surface area contributed by atoms with Crippen molar-refractivity contribution in [3.63, 3.8) is 0 Å². The molecule has 1 aliphatic rings. The molecule has 1 aromatic carbocycles. The highest BCUT2D eigenvalue weighted by Gasteiger charge is 2.23. The molecule has 9 nitrogen and oxygen atoms in total. The van der Waals surface area contributed by atoms with Crippen molar-refractivity contribution in [2.24, 2.45) is 5.73 Å². The van der Waals surface area contributed by atoms with E-state index in [-0.39, 0.29) is 23.7 Å². The monoisotopic (exact) mass is 453 g/mol. The first-order valence-electron chi connectivity index (χ1n) is 10.6. The third-order valence-corrected chi connectivity index (χ3v) is 6.20. The van der Waals surface area contributed by atoms with Crippen LogP contribution in [0.3, 0.4) is 0 Å². The molecule has 0 saturated heterocycles. The second kappa shape index (κ2) is 10.0. The van der Waals surface area contributed by atoms with Gasteiger partial charge in [-0.25, -0.2) is 9.97 Å². The first-order valence-corrected chi connectivity index (χ1v) is 11.4. The molecule has 168 valence electrons. The highest BCUT2D eigenvalue weighted by Crippen LogP contribution is 2.27. The third kappa shape index (κ3) is 5.58. The van der Waals surface area contributed by atoms with Crippen LogP contribution in [-0.4, -0.2) is 37.4 Å². The van der Waals surface area contributed by atoms with E-state index in [0.717, 1.165) is 36.4 Å². The molecule has 1 amide bonds. The topological polar surface area (TPSA) is 138 Å². The maximum Gasteiger partial charge on any atom is 0.251 e. The summed E-state index contributed by atoms with van der Waals surface area (Å²) in [5.41, 5.74) is 7.50. The Morgan fingerprint density at radius 1 is 1.19 bits per heavy atom. The lowest BCUT2D eigenvalue weighted by molar-refractivity contribution is 0.0926. The molecule has 1 atom stereocenters. The Hall–Kier alpha value is -3.08. The third-order valence-electron chi connectivity index (χ3n) is 5.40. The van der Waals surface area contributed by atoms with Crippen molar-refractivity contribution >= 4 is 34.1 Å². The number of nitrogens with one attached hydrogen (secondary N) is 3. The number of rotatable bonds is 7. The first-order chi connectivity index (χ1) is 15.5. The molecule has 2 heterocycles. The van der Waals surface area contributed by atoms with Gasteiger partial charge in [-0.1, -0.05) is 18.2 Å². The number of nitrogens with zero attached hydrogens (tertiary/aromatic N) is 3. The van der Waals surface area contributed by atoms with Crippen molar-refractivity contribution in [1.29, 1.82) is 0 Å². The summed E-state index contributed by atoms with van der Waals surface area (Å²) in [7, 11) is 0. The molecule has 0 radical (unpaired) electrons. The van der Waals surface area contributed by atoms with Gasteiger partial charge in [-0.3, -0.25) is 4.79 Å². The van der Waals surface area contributed by atoms with E-state index in [1.807, 2.05) is 43.3 Å². The lowest BCUT2D eigenvalue weighted by Crippen LogP contribution is -2.40. The number of carbonyl (C=O) groups is 1. The lowest BCUT2D eigenvalue weighted by atomic mass is 9.91. The van der Waals surface area contributed by atoms with Crippen LogP contribution in [0, 0.1) is 6.92 Å². The SMILES string of the molecule is Cc1cc(Nc2nc(NC3CCC(NC(=O)c4ccccc4)CC3)cnc2C(N)O)sn1. The number of hydrogen-bond donors (Lipinski definition) is 5. The Kier molecular flexibility index (Phi) is 6.93. The van der Waals surface area contributed by atoms with Gasteiger partial charge in [0.05, 0.1) is 11.9 Å². The van der Waals surface area contributed by atoms with E-state index in [1.165, 1.54) is 11.5 Å². The maximum absolute atomic E-state index is 12.4. The van der Waals surface area contributed by atoms with Gasteiger partial charge in [0.2, 0.25) is 0 Å². The van der Waals surface area contributed by atoms with Crippen molar-refractivity contribution < 1.29 is 9.90 Å². The number of hydrogen-bond acceptors (Lipinski definition) is 9. The fourth-order valence-corrected chi connectivity index (χ4v) is 4.43. The van der Waals surface area contributed by atoms with Gasteiger partial charge < -0.3 is 26.8 Å². The van der Waals surface area contributed by atoms with Gasteiger partial charge in [0.15, 0.2) is 5.82 Å². The largest absolute Gasteiger partial charge is 0.373 e. The minimum absolute atomic E-state index is 0.0298. The first kappa shape index (κ1) is 22.1. The van der Waals surface area contributed by atoms with E-state index >= 15 is 0 Å². The van der Waals surface area contributed by atoms with Gasteiger partial charge in [-0.05, 0) is 62.3 Å². The van der Waals surface area contributed by atoms with Gasteiger partial charge in [0.1, 0.15) is 22.7 Å². The van der Waals surface area contributed by atoms with E-state index in [0.29, 0.717) is 17.2 Å². The zero-order valence-corrected chi connectivity index (χ0v) is 18.6. The van der Waals surface area contributed by atoms with Crippen molar-refractivity contribution in [1.82, 2.24) is 19.7 Å². The smallest absolute Gasteiger partial charge is 0.251 e. The number of aliphatic hydroxyl groups excluding tert-OH is 1. The number of aryl methyl sites for hydroxylation is 1. The molecule has 32 heavy (non-hydrogen) atoms. The van der Waals surface area contributed by atoms with Crippen LogP contribution in [-0.2, 0) is 0 Å². The Bertz CT molecular complexity index is 1050. The predicted octanol–water partition coefficient (Wildman–Crippen LogP) is 3.09. The van der Waals surface area contributed by atoms with Crippen LogP contribution < -0.4 is 21.7 Å². The molecule has 0 spiro atoms. The zero-order valence-electron chi connectivity index (χ0n) is 17.8. The summed E-state index contributed by atoms with van der Waals surface area (Å²) in [5.74, 6) is 0.977. The van der Waals surface area contributed by atoms with E-state index < -0.39 is 6.23 Å². The van der Waals surface area contributed by atoms with Gasteiger partial charge in [0.25, 0.3) is 5.91 Å². The molecule has 0 bridgehead atoms. The fourth-order valence-electron chi connectivity index (χ4n) is 3.77. The summed E-state index contributed by atoms with van der Waals surface area (Å²) in [6.07, 6.45) is 3.91. The van der Waals surface area contributed by atoms with Crippen LogP contribution in [0.25, 0.3) is 0 Å². The van der Waals surface area contributed by atoms with Crippen LogP contribution in [0.5, 0.6) is 0 Å². The van der Waals surface area contributed by atoms with Crippen molar-refractivity contribution in [2.45, 2.75) is 50.9 Å². The summed E-state index contributed by atoms with van der Waals surface area (Å²) >= 11 is 1.30. The molecular weight excluding hydrogens is 426 g/mol. The predicted molar refractivity (Wildman–Crippen MR) is 125 cm³/mol. The van der Waals surface area contributed by atoms with Gasteiger partial charge in [0, 0.05) is 17.6 Å². The molecule has 4 rings (SSSR count). The van der Waals surface area contributed by atoms with Crippen LogP contribution >= 0.6 is 11.5 Å². The number of carbonyl (C=O) groups excluding carboxylic acids is 1.